The molecule has 0 spiro atoms. The third-order valence-electron chi connectivity index (χ3n) is 14.3. The fourth-order valence-corrected chi connectivity index (χ4v) is 10.4. The molecule has 2 heterocycles. The maximum absolute atomic E-state index is 2.60. The first-order valence-corrected chi connectivity index (χ1v) is 24.3. The SMILES string of the molecule is Cc1ccc(N(c2ccc(C(C)(C)C)cc2)c2cc3c4c(c2)N(c2cccc5ccccc25)c2ccc(C(C)(C)C)cc2B4c2cc(C(C)(C)C)ccc2N3c2ccc(C(C)(C)C)cc2)cc1. The zero-order chi connectivity index (χ0) is 47.4. The Morgan fingerprint density at radius 2 is 0.821 bits per heavy atom. The molecule has 0 aliphatic carbocycles. The molecule has 10 rings (SSSR count). The van der Waals surface area contributed by atoms with Crippen molar-refractivity contribution in [2.75, 3.05) is 14.7 Å². The summed E-state index contributed by atoms with van der Waals surface area (Å²) in [7, 11) is 0. The number of benzene rings is 8. The number of nitrogens with zero attached hydrogens (tertiary/aromatic N) is 3. The quantitative estimate of drug-likeness (QED) is 0.160. The molecule has 67 heavy (non-hydrogen) atoms. The highest BCUT2D eigenvalue weighted by Crippen LogP contribution is 2.50. The summed E-state index contributed by atoms with van der Waals surface area (Å²) in [5, 5.41) is 2.45. The molecule has 0 bridgehead atoms. The largest absolute Gasteiger partial charge is 0.311 e. The molecule has 0 aromatic heterocycles. The minimum absolute atomic E-state index is 0.0225. The van der Waals surface area contributed by atoms with E-state index in [1.807, 2.05) is 0 Å². The van der Waals surface area contributed by atoms with Crippen LogP contribution in [0.3, 0.4) is 0 Å². The predicted octanol–water partition coefficient (Wildman–Crippen LogP) is 15.9. The summed E-state index contributed by atoms with van der Waals surface area (Å²) in [4.78, 5) is 7.64. The van der Waals surface area contributed by atoms with Crippen molar-refractivity contribution < 1.29 is 0 Å². The summed E-state index contributed by atoms with van der Waals surface area (Å²) >= 11 is 0. The number of rotatable bonds is 5. The van der Waals surface area contributed by atoms with Crippen LogP contribution in [-0.2, 0) is 21.7 Å². The Morgan fingerprint density at radius 1 is 0.373 bits per heavy atom. The highest BCUT2D eigenvalue weighted by atomic mass is 15.2. The van der Waals surface area contributed by atoms with Crippen LogP contribution in [-0.4, -0.2) is 6.71 Å². The van der Waals surface area contributed by atoms with E-state index >= 15 is 0 Å². The van der Waals surface area contributed by atoms with Gasteiger partial charge in [-0.3, -0.25) is 0 Å². The molecule has 0 unspecified atom stereocenters. The van der Waals surface area contributed by atoms with Crippen LogP contribution in [0, 0.1) is 6.92 Å². The Morgan fingerprint density at radius 3 is 1.36 bits per heavy atom. The third kappa shape index (κ3) is 7.83. The number of hydrogen-bond acceptors (Lipinski definition) is 3. The first-order chi connectivity index (χ1) is 31.7. The predicted molar refractivity (Wildman–Crippen MR) is 292 cm³/mol. The normalized spacial score (nSPS) is 13.7. The summed E-state index contributed by atoms with van der Waals surface area (Å²) in [5.41, 5.74) is 21.0. The van der Waals surface area contributed by atoms with Gasteiger partial charge in [-0.05, 0) is 139 Å². The van der Waals surface area contributed by atoms with Crippen molar-refractivity contribution >= 4 is 85.1 Å². The third-order valence-corrected chi connectivity index (χ3v) is 14.3. The summed E-state index contributed by atoms with van der Waals surface area (Å²) in [6.07, 6.45) is 0. The van der Waals surface area contributed by atoms with E-state index in [0.29, 0.717) is 0 Å². The Labute approximate surface area is 401 Å². The molecule has 0 saturated heterocycles. The monoisotopic (exact) mass is 876 g/mol. The molecule has 2 aliphatic rings. The van der Waals surface area contributed by atoms with Gasteiger partial charge in [-0.1, -0.05) is 186 Å². The Kier molecular flexibility index (Phi) is 10.5. The van der Waals surface area contributed by atoms with Gasteiger partial charge in [-0.25, -0.2) is 0 Å². The fraction of sp³-hybridized carbons (Fsp3) is 0.270. The second kappa shape index (κ2) is 15.8. The molecule has 3 nitrogen and oxygen atoms in total. The Balaban J connectivity index is 1.36. The molecule has 0 N–H and O–H groups in total. The lowest BCUT2D eigenvalue weighted by Gasteiger charge is -2.46. The molecule has 8 aromatic rings. The summed E-state index contributed by atoms with van der Waals surface area (Å²) in [6, 6.07) is 62.9. The molecule has 4 heteroatoms. The molecule has 2 aliphatic heterocycles. The van der Waals surface area contributed by atoms with Gasteiger partial charge in [0.05, 0.1) is 11.4 Å². The van der Waals surface area contributed by atoms with E-state index in [1.54, 1.807) is 0 Å². The van der Waals surface area contributed by atoms with Crippen molar-refractivity contribution in [1.29, 1.82) is 0 Å². The average molecular weight is 876 g/mol. The summed E-state index contributed by atoms with van der Waals surface area (Å²) in [6.45, 7) is 30.0. The van der Waals surface area contributed by atoms with Crippen LogP contribution >= 0.6 is 0 Å². The van der Waals surface area contributed by atoms with Crippen LogP contribution in [0.25, 0.3) is 10.8 Å². The van der Waals surface area contributed by atoms with Crippen molar-refractivity contribution in [1.82, 2.24) is 0 Å². The first kappa shape index (κ1) is 44.3. The highest BCUT2D eigenvalue weighted by molar-refractivity contribution is 7.00. The van der Waals surface area contributed by atoms with Gasteiger partial charge in [0, 0.05) is 45.2 Å². The van der Waals surface area contributed by atoms with E-state index in [4.69, 9.17) is 0 Å². The van der Waals surface area contributed by atoms with Gasteiger partial charge in [0.2, 0.25) is 0 Å². The van der Waals surface area contributed by atoms with Gasteiger partial charge in [0.25, 0.3) is 6.71 Å². The highest BCUT2D eigenvalue weighted by Gasteiger charge is 2.45. The molecule has 336 valence electrons. The van der Waals surface area contributed by atoms with Crippen LogP contribution < -0.4 is 31.1 Å². The number of anilines is 9. The molecular weight excluding hydrogens is 810 g/mol. The van der Waals surface area contributed by atoms with Crippen molar-refractivity contribution in [2.24, 2.45) is 0 Å². The van der Waals surface area contributed by atoms with Gasteiger partial charge in [0.15, 0.2) is 0 Å². The number of aryl methyl sites for hydroxylation is 1. The number of fused-ring (bicyclic) bond motifs is 5. The van der Waals surface area contributed by atoms with Crippen LogP contribution in [0.1, 0.15) is 111 Å². The molecule has 0 atom stereocenters. The molecular formula is C63H66BN3. The maximum atomic E-state index is 2.60. The van der Waals surface area contributed by atoms with Gasteiger partial charge < -0.3 is 14.7 Å². The second-order valence-corrected chi connectivity index (χ2v) is 23.3. The lowest BCUT2D eigenvalue weighted by Crippen LogP contribution is -2.61. The minimum Gasteiger partial charge on any atom is -0.311 e. The first-order valence-electron chi connectivity index (χ1n) is 24.3. The van der Waals surface area contributed by atoms with Crippen LogP contribution in [0.5, 0.6) is 0 Å². The van der Waals surface area contributed by atoms with Gasteiger partial charge in [0.1, 0.15) is 0 Å². The van der Waals surface area contributed by atoms with E-state index in [-0.39, 0.29) is 28.4 Å². The summed E-state index contributed by atoms with van der Waals surface area (Å²) in [5.74, 6) is 0. The van der Waals surface area contributed by atoms with Crippen LogP contribution in [0.15, 0.2) is 164 Å². The van der Waals surface area contributed by atoms with Crippen molar-refractivity contribution in [3.05, 3.63) is 192 Å². The lowest BCUT2D eigenvalue weighted by atomic mass is 9.33. The van der Waals surface area contributed by atoms with Crippen molar-refractivity contribution in [3.63, 3.8) is 0 Å². The smallest absolute Gasteiger partial charge is 0.252 e. The molecule has 0 fully saturated rings. The standard InChI is InChI=1S/C63H66BN3/c1-41-21-29-47(30-22-41)65(48-31-23-43(24-32-48)60(2,3)4)50-39-57-59-58(40-50)67(54-20-16-18-42-17-14-15-19-51(42)54)56-36-28-46(63(11,12)13)38-53(56)64(59)52-37-45(62(8,9)10)27-35-55(52)66(57)49-33-25-44(26-34-49)61(5,6)7/h14-40H,1-13H3. The van der Waals surface area contributed by atoms with E-state index < -0.39 is 0 Å². The fourth-order valence-electron chi connectivity index (χ4n) is 10.4. The average Bonchev–Trinajstić information content (AvgIpc) is 3.28. The van der Waals surface area contributed by atoms with Crippen LogP contribution in [0.4, 0.5) is 51.2 Å². The van der Waals surface area contributed by atoms with Crippen molar-refractivity contribution in [3.8, 4) is 0 Å². The van der Waals surface area contributed by atoms with E-state index in [1.165, 1.54) is 83.4 Å². The van der Waals surface area contributed by atoms with E-state index in [2.05, 4.69) is 269 Å². The molecule has 0 amide bonds. The van der Waals surface area contributed by atoms with Gasteiger partial charge >= 0.3 is 0 Å². The van der Waals surface area contributed by atoms with Crippen LogP contribution in [0.2, 0.25) is 0 Å². The summed E-state index contributed by atoms with van der Waals surface area (Å²) < 4.78 is 0. The van der Waals surface area contributed by atoms with E-state index in [0.717, 1.165) is 22.7 Å². The van der Waals surface area contributed by atoms with Gasteiger partial charge in [-0.2, -0.15) is 0 Å². The Hall–Kier alpha value is -6.52. The zero-order valence-electron chi connectivity index (χ0n) is 42.0. The lowest BCUT2D eigenvalue weighted by molar-refractivity contribution is 0.590. The minimum atomic E-state index is -0.0467. The topological polar surface area (TPSA) is 9.72 Å². The van der Waals surface area contributed by atoms with Crippen molar-refractivity contribution in [2.45, 2.75) is 112 Å². The Bertz CT molecular complexity index is 3160. The molecule has 0 saturated carbocycles. The molecule has 0 radical (unpaired) electrons. The molecule has 8 aromatic carbocycles. The maximum Gasteiger partial charge on any atom is 0.252 e. The number of hydrogen-bond donors (Lipinski definition) is 0. The van der Waals surface area contributed by atoms with E-state index in [9.17, 15) is 0 Å². The zero-order valence-corrected chi connectivity index (χ0v) is 42.0. The van der Waals surface area contributed by atoms with Gasteiger partial charge in [-0.15, -0.1) is 0 Å². The second-order valence-electron chi connectivity index (χ2n) is 23.3.